The van der Waals surface area contributed by atoms with Crippen LogP contribution in [0.25, 0.3) is 0 Å². The number of ether oxygens (including phenoxy) is 1. The van der Waals surface area contributed by atoms with Crippen LogP contribution >= 0.6 is 11.6 Å². The van der Waals surface area contributed by atoms with Crippen molar-refractivity contribution < 1.29 is 14.3 Å². The second-order valence-electron chi connectivity index (χ2n) is 7.58. The lowest BCUT2D eigenvalue weighted by atomic mass is 9.83. The number of hydrogen-bond acceptors (Lipinski definition) is 3. The number of unbranched alkanes of at least 4 members (excludes halogenated alkanes) is 1. The van der Waals surface area contributed by atoms with Crippen LogP contribution in [0.1, 0.15) is 49.8 Å². The normalized spacial score (nSPS) is 18.9. The fourth-order valence-electron chi connectivity index (χ4n) is 4.07. The zero-order valence-electron chi connectivity index (χ0n) is 17.6. The second-order valence-corrected chi connectivity index (χ2v) is 7.99. The van der Waals surface area contributed by atoms with Crippen molar-refractivity contribution in [1.29, 1.82) is 0 Å². The minimum absolute atomic E-state index is 0.0696. The molecule has 0 spiro atoms. The van der Waals surface area contributed by atoms with Crippen molar-refractivity contribution in [3.8, 4) is 5.75 Å². The molecule has 5 nitrogen and oxygen atoms in total. The molecule has 0 aromatic heterocycles. The van der Waals surface area contributed by atoms with E-state index in [1.54, 1.807) is 7.11 Å². The molecule has 2 amide bonds. The molecule has 1 N–H and O–H groups in total. The number of hydrogen-bond donors (Lipinski definition) is 1. The number of methoxy groups -OCH3 is 1. The van der Waals surface area contributed by atoms with Crippen LogP contribution in [0.2, 0.25) is 5.02 Å². The molecule has 1 fully saturated rings. The quantitative estimate of drug-likeness (QED) is 0.660. The first kappa shape index (κ1) is 22.2. The molecule has 1 aliphatic heterocycles. The van der Waals surface area contributed by atoms with E-state index in [9.17, 15) is 9.59 Å². The van der Waals surface area contributed by atoms with Gasteiger partial charge in [0.1, 0.15) is 5.75 Å². The lowest BCUT2D eigenvalue weighted by Gasteiger charge is -2.41. The minimum atomic E-state index is -0.349. The van der Waals surface area contributed by atoms with Crippen molar-refractivity contribution in [3.63, 3.8) is 0 Å². The Morgan fingerprint density at radius 2 is 1.93 bits per heavy atom. The van der Waals surface area contributed by atoms with Crippen LogP contribution in [0.4, 0.5) is 0 Å². The van der Waals surface area contributed by atoms with E-state index in [-0.39, 0.29) is 23.8 Å². The third-order valence-electron chi connectivity index (χ3n) is 5.66. The topological polar surface area (TPSA) is 58.6 Å². The summed E-state index contributed by atoms with van der Waals surface area (Å²) >= 11 is 6.24. The molecule has 0 radical (unpaired) electrons. The molecule has 1 heterocycles. The first-order chi connectivity index (χ1) is 14.6. The third-order valence-corrected chi connectivity index (χ3v) is 6.03. The molecule has 30 heavy (non-hydrogen) atoms. The molecule has 2 aromatic carbocycles. The molecule has 0 aliphatic carbocycles. The Labute approximate surface area is 183 Å². The van der Waals surface area contributed by atoms with Crippen LogP contribution in [-0.4, -0.2) is 30.4 Å². The second kappa shape index (κ2) is 10.5. The van der Waals surface area contributed by atoms with E-state index in [1.807, 2.05) is 53.4 Å². The average molecular weight is 429 g/mol. The number of rotatable bonds is 8. The molecular weight excluding hydrogens is 400 g/mol. The number of carbonyl (C=O) groups excluding carboxylic acids is 2. The fourth-order valence-corrected chi connectivity index (χ4v) is 4.27. The highest BCUT2D eigenvalue weighted by molar-refractivity contribution is 6.31. The zero-order valence-corrected chi connectivity index (χ0v) is 18.3. The van der Waals surface area contributed by atoms with Crippen molar-refractivity contribution >= 4 is 23.4 Å². The fraction of sp³-hybridized carbons (Fsp3) is 0.417. The molecule has 2 atom stereocenters. The Balaban J connectivity index is 1.88. The van der Waals surface area contributed by atoms with Crippen LogP contribution in [0.5, 0.6) is 5.75 Å². The molecule has 6 heteroatoms. The zero-order chi connectivity index (χ0) is 21.5. The van der Waals surface area contributed by atoms with Crippen LogP contribution in [0.15, 0.2) is 48.5 Å². The minimum Gasteiger partial charge on any atom is -0.496 e. The van der Waals surface area contributed by atoms with Gasteiger partial charge < -0.3 is 15.0 Å². The monoisotopic (exact) mass is 428 g/mol. The number of nitrogens with one attached hydrogen (secondary N) is 1. The largest absolute Gasteiger partial charge is 0.496 e. The summed E-state index contributed by atoms with van der Waals surface area (Å²) in [6.07, 6.45) is 2.76. The summed E-state index contributed by atoms with van der Waals surface area (Å²) in [7, 11) is 1.62. The molecule has 1 aliphatic rings. The van der Waals surface area contributed by atoms with Gasteiger partial charge in [0.05, 0.1) is 19.1 Å². The number of carbonyl (C=O) groups is 2. The van der Waals surface area contributed by atoms with Gasteiger partial charge in [-0.2, -0.15) is 0 Å². The van der Waals surface area contributed by atoms with E-state index in [1.165, 1.54) is 0 Å². The van der Waals surface area contributed by atoms with Crippen LogP contribution in [0, 0.1) is 5.92 Å². The predicted molar refractivity (Wildman–Crippen MR) is 118 cm³/mol. The van der Waals surface area contributed by atoms with Gasteiger partial charge in [0.25, 0.3) is 0 Å². The van der Waals surface area contributed by atoms with E-state index >= 15 is 0 Å². The van der Waals surface area contributed by atoms with Gasteiger partial charge in [0, 0.05) is 30.1 Å². The maximum Gasteiger partial charge on any atom is 0.225 e. The van der Waals surface area contributed by atoms with Crippen LogP contribution in [0.3, 0.4) is 0 Å². The third kappa shape index (κ3) is 4.96. The Hall–Kier alpha value is -2.53. The number of amides is 2. The summed E-state index contributed by atoms with van der Waals surface area (Å²) in [4.78, 5) is 27.9. The number of para-hydroxylation sites is 1. The van der Waals surface area contributed by atoms with Crippen molar-refractivity contribution in [3.05, 3.63) is 64.7 Å². The maximum absolute atomic E-state index is 13.3. The van der Waals surface area contributed by atoms with Crippen molar-refractivity contribution in [1.82, 2.24) is 10.2 Å². The molecule has 0 unspecified atom stereocenters. The first-order valence-electron chi connectivity index (χ1n) is 10.5. The molecule has 3 rings (SSSR count). The van der Waals surface area contributed by atoms with Gasteiger partial charge >= 0.3 is 0 Å². The SMILES string of the molecule is CCCCN1C(=O)CC[C@@H](C(=O)NCc2ccccc2Cl)[C@@H]1c1ccccc1OC. The molecule has 2 aromatic rings. The van der Waals surface area contributed by atoms with Gasteiger partial charge in [0.15, 0.2) is 0 Å². The van der Waals surface area contributed by atoms with Crippen molar-refractivity contribution in [2.24, 2.45) is 5.92 Å². The summed E-state index contributed by atoms with van der Waals surface area (Å²) in [6.45, 7) is 3.09. The van der Waals surface area contributed by atoms with Gasteiger partial charge in [-0.15, -0.1) is 0 Å². The highest BCUT2D eigenvalue weighted by atomic mass is 35.5. The van der Waals surface area contributed by atoms with E-state index in [4.69, 9.17) is 16.3 Å². The standard InChI is InChI=1S/C24H29ClN2O3/c1-3-4-15-27-22(28)14-13-19(23(27)18-10-6-8-12-21(18)30-2)24(29)26-16-17-9-5-7-11-20(17)25/h5-12,19,23H,3-4,13-16H2,1-2H3,(H,26,29)/t19-,23+/m1/s1. The molecule has 160 valence electrons. The number of piperidine rings is 1. The highest BCUT2D eigenvalue weighted by Gasteiger charge is 2.41. The first-order valence-corrected chi connectivity index (χ1v) is 10.9. The van der Waals surface area contributed by atoms with Gasteiger partial charge in [-0.3, -0.25) is 9.59 Å². The Morgan fingerprint density at radius 1 is 1.20 bits per heavy atom. The Kier molecular flexibility index (Phi) is 7.75. The van der Waals surface area contributed by atoms with Crippen LogP contribution < -0.4 is 10.1 Å². The summed E-state index contributed by atoms with van der Waals surface area (Å²) in [5.74, 6) is 0.371. The number of likely N-dealkylation sites (tertiary alicyclic amines) is 1. The summed E-state index contributed by atoms with van der Waals surface area (Å²) in [5, 5.41) is 3.66. The van der Waals surface area contributed by atoms with Crippen molar-refractivity contribution in [2.45, 2.75) is 45.2 Å². The lowest BCUT2D eigenvalue weighted by Crippen LogP contribution is -2.48. The Bertz CT molecular complexity index is 886. The maximum atomic E-state index is 13.3. The van der Waals surface area contributed by atoms with Gasteiger partial charge in [-0.25, -0.2) is 0 Å². The molecule has 0 saturated carbocycles. The van der Waals surface area contributed by atoms with E-state index < -0.39 is 0 Å². The molecule has 1 saturated heterocycles. The van der Waals surface area contributed by atoms with E-state index in [0.29, 0.717) is 36.7 Å². The summed E-state index contributed by atoms with van der Waals surface area (Å²) < 4.78 is 5.57. The predicted octanol–water partition coefficient (Wildman–Crippen LogP) is 4.74. The van der Waals surface area contributed by atoms with E-state index in [2.05, 4.69) is 12.2 Å². The number of nitrogens with zero attached hydrogens (tertiary/aromatic N) is 1. The number of halogens is 1. The van der Waals surface area contributed by atoms with Crippen LogP contribution in [-0.2, 0) is 16.1 Å². The average Bonchev–Trinajstić information content (AvgIpc) is 2.77. The lowest BCUT2D eigenvalue weighted by molar-refractivity contribution is -0.143. The molecular formula is C24H29ClN2O3. The van der Waals surface area contributed by atoms with Gasteiger partial charge in [0.2, 0.25) is 11.8 Å². The Morgan fingerprint density at radius 3 is 2.67 bits per heavy atom. The highest BCUT2D eigenvalue weighted by Crippen LogP contribution is 2.40. The summed E-state index contributed by atoms with van der Waals surface area (Å²) in [6, 6.07) is 14.8. The van der Waals surface area contributed by atoms with Gasteiger partial charge in [-0.1, -0.05) is 61.3 Å². The smallest absolute Gasteiger partial charge is 0.225 e. The van der Waals surface area contributed by atoms with Gasteiger partial charge in [-0.05, 0) is 30.5 Å². The summed E-state index contributed by atoms with van der Waals surface area (Å²) in [5.41, 5.74) is 1.75. The van der Waals surface area contributed by atoms with Crippen molar-refractivity contribution in [2.75, 3.05) is 13.7 Å². The van der Waals surface area contributed by atoms with E-state index in [0.717, 1.165) is 24.0 Å². The number of benzene rings is 2. The molecule has 0 bridgehead atoms.